The standard InChI is InChI=1S/C30H51NO5/c1-6-17(2)27(28(35)36)31-26(34)12-7-18(3)22-10-11-23-21-9-8-19-15-20(32)13-14-29(19,4)24(21)16-25(33)30(22,23)5/h17-25,27,32-33H,6-16H2,1-5H3,(H,31,34)(H,35,36)/t17-,18-,19-,20-,21+,22-,23+,24+,25+,27+,29+,30-/m1/s1. The minimum absolute atomic E-state index is 0.104. The Kier molecular flexibility index (Phi) is 8.17. The Morgan fingerprint density at radius 3 is 2.39 bits per heavy atom. The lowest BCUT2D eigenvalue weighted by Gasteiger charge is -2.62. The van der Waals surface area contributed by atoms with Gasteiger partial charge in [0.2, 0.25) is 5.91 Å². The second-order valence-electron chi connectivity index (χ2n) is 13.7. The molecule has 0 unspecified atom stereocenters. The summed E-state index contributed by atoms with van der Waals surface area (Å²) in [5, 5.41) is 34.3. The molecule has 1 amide bonds. The highest BCUT2D eigenvalue weighted by molar-refractivity contribution is 5.83. The predicted molar refractivity (Wildman–Crippen MR) is 140 cm³/mol. The molecule has 0 aliphatic heterocycles. The van der Waals surface area contributed by atoms with Gasteiger partial charge in [-0.1, -0.05) is 41.0 Å². The van der Waals surface area contributed by atoms with Gasteiger partial charge in [0, 0.05) is 6.42 Å². The molecule has 0 saturated heterocycles. The number of carbonyl (C=O) groups is 2. The lowest BCUT2D eigenvalue weighted by atomic mass is 9.43. The largest absolute Gasteiger partial charge is 0.480 e. The fourth-order valence-electron chi connectivity index (χ4n) is 9.65. The van der Waals surface area contributed by atoms with Gasteiger partial charge >= 0.3 is 5.97 Å². The van der Waals surface area contributed by atoms with E-state index in [4.69, 9.17) is 0 Å². The molecule has 4 saturated carbocycles. The average Bonchev–Trinajstić information content (AvgIpc) is 3.20. The monoisotopic (exact) mass is 505 g/mol. The van der Waals surface area contributed by atoms with Crippen LogP contribution in [0, 0.1) is 52.3 Å². The fourth-order valence-corrected chi connectivity index (χ4v) is 9.65. The summed E-state index contributed by atoms with van der Waals surface area (Å²) in [5.41, 5.74) is 0.122. The van der Waals surface area contributed by atoms with Crippen molar-refractivity contribution >= 4 is 11.9 Å². The Bertz CT molecular complexity index is 817. The van der Waals surface area contributed by atoms with Crippen LogP contribution in [0.1, 0.15) is 105 Å². The van der Waals surface area contributed by atoms with Crippen molar-refractivity contribution < 1.29 is 24.9 Å². The summed E-state index contributed by atoms with van der Waals surface area (Å²) in [6.45, 7) is 10.8. The molecule has 6 heteroatoms. The summed E-state index contributed by atoms with van der Waals surface area (Å²) < 4.78 is 0. The highest BCUT2D eigenvalue weighted by Gasteiger charge is 2.63. The van der Waals surface area contributed by atoms with Gasteiger partial charge in [0.25, 0.3) is 0 Å². The Morgan fingerprint density at radius 2 is 1.72 bits per heavy atom. The van der Waals surface area contributed by atoms with E-state index >= 15 is 0 Å². The highest BCUT2D eigenvalue weighted by Crippen LogP contribution is 2.68. The van der Waals surface area contributed by atoms with Gasteiger partial charge in [-0.05, 0) is 110 Å². The van der Waals surface area contributed by atoms with Crippen LogP contribution in [-0.4, -0.2) is 45.4 Å². The number of carboxylic acid groups (broad SMARTS) is 1. The number of hydrogen-bond acceptors (Lipinski definition) is 4. The van der Waals surface area contributed by atoms with Gasteiger partial charge in [-0.3, -0.25) is 4.79 Å². The first-order chi connectivity index (χ1) is 16.9. The third-order valence-electron chi connectivity index (χ3n) is 12.1. The van der Waals surface area contributed by atoms with E-state index in [-0.39, 0.29) is 34.9 Å². The molecule has 4 aliphatic carbocycles. The van der Waals surface area contributed by atoms with Crippen LogP contribution < -0.4 is 5.32 Å². The van der Waals surface area contributed by atoms with Crippen LogP contribution in [-0.2, 0) is 9.59 Å². The number of aliphatic hydroxyl groups excluding tert-OH is 2. The molecule has 0 heterocycles. The normalized spacial score (nSPS) is 44.5. The van der Waals surface area contributed by atoms with Gasteiger partial charge in [-0.25, -0.2) is 4.79 Å². The number of fused-ring (bicyclic) bond motifs is 5. The lowest BCUT2D eigenvalue weighted by molar-refractivity contribution is -0.175. The second kappa shape index (κ2) is 10.6. The zero-order valence-electron chi connectivity index (χ0n) is 23.2. The van der Waals surface area contributed by atoms with Crippen molar-refractivity contribution in [2.24, 2.45) is 52.3 Å². The first-order valence-electron chi connectivity index (χ1n) is 14.8. The number of aliphatic carboxylic acids is 1. The number of rotatable bonds is 8. The average molecular weight is 506 g/mol. The van der Waals surface area contributed by atoms with E-state index in [2.05, 4.69) is 26.1 Å². The third kappa shape index (κ3) is 4.74. The second-order valence-corrected chi connectivity index (χ2v) is 13.7. The van der Waals surface area contributed by atoms with Crippen molar-refractivity contribution in [1.29, 1.82) is 0 Å². The number of amides is 1. The van der Waals surface area contributed by atoms with Gasteiger partial charge in [-0.15, -0.1) is 0 Å². The molecule has 0 radical (unpaired) electrons. The summed E-state index contributed by atoms with van der Waals surface area (Å²) >= 11 is 0. The van der Waals surface area contributed by atoms with Gasteiger partial charge in [0.05, 0.1) is 12.2 Å². The van der Waals surface area contributed by atoms with Crippen LogP contribution in [0.5, 0.6) is 0 Å². The molecule has 4 fully saturated rings. The third-order valence-corrected chi connectivity index (χ3v) is 12.1. The SMILES string of the molecule is CC[C@@H](C)[C@H](NC(=O)CC[C@@H](C)[C@H]1CC[C@H]2[C@@H]3CC[C@@H]4C[C@H](O)CC[C@]4(C)[C@H]3C[C@H](O)[C@]12C)C(=O)O. The van der Waals surface area contributed by atoms with Crippen LogP contribution in [0.4, 0.5) is 0 Å². The zero-order valence-corrected chi connectivity index (χ0v) is 23.2. The van der Waals surface area contributed by atoms with E-state index in [9.17, 15) is 24.9 Å². The van der Waals surface area contributed by atoms with Crippen LogP contribution in [0.25, 0.3) is 0 Å². The van der Waals surface area contributed by atoms with Gasteiger partial charge < -0.3 is 20.6 Å². The molecule has 6 nitrogen and oxygen atoms in total. The molecular weight excluding hydrogens is 454 g/mol. The molecule has 4 aliphatic rings. The minimum atomic E-state index is -0.965. The zero-order chi connectivity index (χ0) is 26.4. The molecule has 0 spiro atoms. The minimum Gasteiger partial charge on any atom is -0.480 e. The predicted octanol–water partition coefficient (Wildman–Crippen LogP) is 5.01. The molecule has 36 heavy (non-hydrogen) atoms. The molecule has 4 N–H and O–H groups in total. The van der Waals surface area contributed by atoms with Crippen molar-refractivity contribution in [1.82, 2.24) is 5.32 Å². The molecule has 0 bridgehead atoms. The van der Waals surface area contributed by atoms with Gasteiger partial charge in [0.15, 0.2) is 0 Å². The Labute approximate surface area is 218 Å². The Balaban J connectivity index is 1.41. The topological polar surface area (TPSA) is 107 Å². The van der Waals surface area contributed by atoms with Crippen LogP contribution in [0.2, 0.25) is 0 Å². The molecule has 206 valence electrons. The van der Waals surface area contributed by atoms with Gasteiger partial charge in [0.1, 0.15) is 6.04 Å². The lowest BCUT2D eigenvalue weighted by Crippen LogP contribution is -2.58. The maximum atomic E-state index is 12.7. The summed E-state index contributed by atoms with van der Waals surface area (Å²) in [7, 11) is 0. The van der Waals surface area contributed by atoms with E-state index in [1.165, 1.54) is 12.8 Å². The number of carbonyl (C=O) groups excluding carboxylic acids is 1. The smallest absolute Gasteiger partial charge is 0.326 e. The van der Waals surface area contributed by atoms with Crippen LogP contribution in [0.3, 0.4) is 0 Å². The van der Waals surface area contributed by atoms with Crippen molar-refractivity contribution in [2.75, 3.05) is 0 Å². The van der Waals surface area contributed by atoms with E-state index < -0.39 is 12.0 Å². The maximum Gasteiger partial charge on any atom is 0.326 e. The van der Waals surface area contributed by atoms with Gasteiger partial charge in [-0.2, -0.15) is 0 Å². The van der Waals surface area contributed by atoms with Crippen LogP contribution in [0.15, 0.2) is 0 Å². The Hall–Kier alpha value is -1.14. The van der Waals surface area contributed by atoms with E-state index in [0.717, 1.165) is 44.9 Å². The van der Waals surface area contributed by atoms with Crippen molar-refractivity contribution in [3.63, 3.8) is 0 Å². The summed E-state index contributed by atoms with van der Waals surface area (Å²) in [6.07, 6.45) is 9.78. The molecule has 4 rings (SSSR count). The molecule has 12 atom stereocenters. The summed E-state index contributed by atoms with van der Waals surface area (Å²) in [6, 6.07) is -0.833. The van der Waals surface area contributed by atoms with E-state index in [1.54, 1.807) is 0 Å². The van der Waals surface area contributed by atoms with E-state index in [1.807, 2.05) is 13.8 Å². The summed E-state index contributed by atoms with van der Waals surface area (Å²) in [4.78, 5) is 24.3. The fraction of sp³-hybridized carbons (Fsp3) is 0.933. The summed E-state index contributed by atoms with van der Waals surface area (Å²) in [5.74, 6) is 1.76. The highest BCUT2D eigenvalue weighted by atomic mass is 16.4. The number of nitrogens with one attached hydrogen (secondary N) is 1. The van der Waals surface area contributed by atoms with Crippen molar-refractivity contribution in [2.45, 2.75) is 123 Å². The van der Waals surface area contributed by atoms with Crippen molar-refractivity contribution in [3.8, 4) is 0 Å². The Morgan fingerprint density at radius 1 is 1.00 bits per heavy atom. The molecule has 0 aromatic heterocycles. The maximum absolute atomic E-state index is 12.7. The number of hydrogen-bond donors (Lipinski definition) is 4. The number of carboxylic acids is 1. The molecule has 0 aromatic rings. The first kappa shape index (κ1) is 27.9. The quantitative estimate of drug-likeness (QED) is 0.371. The first-order valence-corrected chi connectivity index (χ1v) is 14.8. The van der Waals surface area contributed by atoms with E-state index in [0.29, 0.717) is 48.3 Å². The van der Waals surface area contributed by atoms with Crippen molar-refractivity contribution in [3.05, 3.63) is 0 Å². The molecular formula is C30H51NO5. The van der Waals surface area contributed by atoms with Crippen LogP contribution >= 0.6 is 0 Å². The number of aliphatic hydroxyl groups is 2. The molecule has 0 aromatic carbocycles.